The van der Waals surface area contributed by atoms with Crippen molar-refractivity contribution < 1.29 is 9.90 Å². The Kier molecular flexibility index (Phi) is 5.39. The van der Waals surface area contributed by atoms with Crippen LogP contribution >= 0.6 is 0 Å². The lowest BCUT2D eigenvalue weighted by molar-refractivity contribution is -0.131. The lowest BCUT2D eigenvalue weighted by atomic mass is 10.1. The molecule has 1 aliphatic heterocycles. The van der Waals surface area contributed by atoms with Gasteiger partial charge in [-0.25, -0.2) is 4.79 Å². The van der Waals surface area contributed by atoms with Gasteiger partial charge in [0.05, 0.1) is 0 Å². The van der Waals surface area contributed by atoms with E-state index in [-0.39, 0.29) is 0 Å². The lowest BCUT2D eigenvalue weighted by Gasteiger charge is -2.24. The summed E-state index contributed by atoms with van der Waals surface area (Å²) in [6, 6.07) is 6.07. The second-order valence-electron chi connectivity index (χ2n) is 5.69. The fraction of sp³-hybridized carbons (Fsp3) is 0.471. The van der Waals surface area contributed by atoms with E-state index < -0.39 is 5.97 Å². The van der Waals surface area contributed by atoms with E-state index in [4.69, 9.17) is 5.11 Å². The van der Waals surface area contributed by atoms with Gasteiger partial charge in [0.25, 0.3) is 0 Å². The Hall–Kier alpha value is -1.81. The number of benzene rings is 1. The number of aryl methyl sites for hydroxylation is 1. The first-order chi connectivity index (χ1) is 10.1. The van der Waals surface area contributed by atoms with Crippen molar-refractivity contribution in [3.63, 3.8) is 0 Å². The van der Waals surface area contributed by atoms with E-state index in [1.54, 1.807) is 6.08 Å². The molecule has 4 nitrogen and oxygen atoms in total. The number of carboxylic acid groups (broad SMARTS) is 1. The topological polar surface area (TPSA) is 43.8 Å². The van der Waals surface area contributed by atoms with Crippen LogP contribution in [0.25, 0.3) is 6.08 Å². The number of carboxylic acids is 1. The zero-order valence-corrected chi connectivity index (χ0v) is 12.9. The van der Waals surface area contributed by atoms with Gasteiger partial charge >= 0.3 is 5.97 Å². The van der Waals surface area contributed by atoms with Gasteiger partial charge in [-0.05, 0) is 62.2 Å². The van der Waals surface area contributed by atoms with Gasteiger partial charge in [-0.1, -0.05) is 6.07 Å². The van der Waals surface area contributed by atoms with E-state index in [0.29, 0.717) is 0 Å². The predicted octanol–water partition coefficient (Wildman–Crippen LogP) is 2.62. The van der Waals surface area contributed by atoms with Gasteiger partial charge in [0.2, 0.25) is 0 Å². The van der Waals surface area contributed by atoms with E-state index in [1.165, 1.54) is 43.3 Å². The standard InChI is InChI=1S/C17H24N2O2/c1-14-13-15(6-8-17(20)21)5-7-16(14)18(2)11-12-19-9-3-4-10-19/h5-8,13H,3-4,9-12H2,1-2H3,(H,20,21). The van der Waals surface area contributed by atoms with E-state index in [9.17, 15) is 4.79 Å². The minimum absolute atomic E-state index is 0.917. The molecule has 4 heteroatoms. The summed E-state index contributed by atoms with van der Waals surface area (Å²) in [5, 5.41) is 8.66. The highest BCUT2D eigenvalue weighted by Gasteiger charge is 2.12. The van der Waals surface area contributed by atoms with Crippen molar-refractivity contribution >= 4 is 17.7 Å². The highest BCUT2D eigenvalue weighted by Crippen LogP contribution is 2.21. The van der Waals surface area contributed by atoms with E-state index >= 15 is 0 Å². The molecule has 0 radical (unpaired) electrons. The first-order valence-electron chi connectivity index (χ1n) is 7.51. The molecule has 1 fully saturated rings. The molecule has 0 bridgehead atoms. The maximum Gasteiger partial charge on any atom is 0.328 e. The third-order valence-corrected chi connectivity index (χ3v) is 4.00. The summed E-state index contributed by atoms with van der Waals surface area (Å²) in [5.41, 5.74) is 3.31. The zero-order valence-electron chi connectivity index (χ0n) is 12.9. The summed E-state index contributed by atoms with van der Waals surface area (Å²) < 4.78 is 0. The highest BCUT2D eigenvalue weighted by atomic mass is 16.4. The van der Waals surface area contributed by atoms with Crippen molar-refractivity contribution in [1.29, 1.82) is 0 Å². The van der Waals surface area contributed by atoms with Crippen LogP contribution in [0.3, 0.4) is 0 Å². The van der Waals surface area contributed by atoms with E-state index in [1.807, 2.05) is 12.1 Å². The van der Waals surface area contributed by atoms with Gasteiger partial charge in [0, 0.05) is 31.9 Å². The molecule has 0 aromatic heterocycles. The summed E-state index contributed by atoms with van der Waals surface area (Å²) in [6.45, 7) is 6.65. The van der Waals surface area contributed by atoms with Crippen LogP contribution in [0, 0.1) is 6.92 Å². The molecule has 1 aromatic carbocycles. The van der Waals surface area contributed by atoms with Crippen molar-refractivity contribution in [2.75, 3.05) is 38.1 Å². The zero-order chi connectivity index (χ0) is 15.2. The van der Waals surface area contributed by atoms with Gasteiger partial charge in [0.1, 0.15) is 0 Å². The van der Waals surface area contributed by atoms with Crippen LogP contribution < -0.4 is 4.90 Å². The first-order valence-corrected chi connectivity index (χ1v) is 7.51. The first kappa shape index (κ1) is 15.6. The number of carbonyl (C=O) groups is 1. The normalized spacial score (nSPS) is 15.7. The fourth-order valence-electron chi connectivity index (χ4n) is 2.80. The van der Waals surface area contributed by atoms with E-state index in [2.05, 4.69) is 29.8 Å². The molecule has 1 heterocycles. The summed E-state index contributed by atoms with van der Waals surface area (Å²) in [6.07, 6.45) is 5.45. The highest BCUT2D eigenvalue weighted by molar-refractivity contribution is 5.85. The van der Waals surface area contributed by atoms with Gasteiger partial charge in [-0.3, -0.25) is 0 Å². The van der Waals surface area contributed by atoms with Crippen molar-refractivity contribution in [3.8, 4) is 0 Å². The molecular weight excluding hydrogens is 264 g/mol. The second kappa shape index (κ2) is 7.27. The lowest BCUT2D eigenvalue weighted by Crippen LogP contribution is -2.31. The van der Waals surface area contributed by atoms with Crippen LogP contribution in [0.4, 0.5) is 5.69 Å². The van der Waals surface area contributed by atoms with Crippen molar-refractivity contribution in [3.05, 3.63) is 35.4 Å². The molecule has 0 atom stereocenters. The number of hydrogen-bond donors (Lipinski definition) is 1. The van der Waals surface area contributed by atoms with Gasteiger partial charge in [-0.15, -0.1) is 0 Å². The van der Waals surface area contributed by atoms with Crippen LogP contribution in [0.5, 0.6) is 0 Å². The minimum atomic E-state index is -0.917. The van der Waals surface area contributed by atoms with Crippen molar-refractivity contribution in [2.45, 2.75) is 19.8 Å². The summed E-state index contributed by atoms with van der Waals surface area (Å²) in [7, 11) is 2.12. The van der Waals surface area contributed by atoms with Crippen molar-refractivity contribution in [1.82, 2.24) is 4.90 Å². The number of anilines is 1. The summed E-state index contributed by atoms with van der Waals surface area (Å²) in [4.78, 5) is 15.3. The molecule has 1 saturated heterocycles. The van der Waals surface area contributed by atoms with Crippen LogP contribution in [-0.4, -0.2) is 49.2 Å². The van der Waals surface area contributed by atoms with Gasteiger partial charge < -0.3 is 14.9 Å². The Morgan fingerprint density at radius 1 is 1.38 bits per heavy atom. The minimum Gasteiger partial charge on any atom is -0.478 e. The van der Waals surface area contributed by atoms with Crippen LogP contribution in [-0.2, 0) is 4.79 Å². The Bertz CT molecular complexity index is 520. The molecule has 114 valence electrons. The monoisotopic (exact) mass is 288 g/mol. The van der Waals surface area contributed by atoms with Gasteiger partial charge in [0.15, 0.2) is 0 Å². The van der Waals surface area contributed by atoms with Crippen molar-refractivity contribution in [2.24, 2.45) is 0 Å². The third-order valence-electron chi connectivity index (χ3n) is 4.00. The number of rotatable bonds is 6. The molecule has 0 amide bonds. The maximum absolute atomic E-state index is 10.5. The molecule has 21 heavy (non-hydrogen) atoms. The number of nitrogens with zero attached hydrogens (tertiary/aromatic N) is 2. The largest absolute Gasteiger partial charge is 0.478 e. The molecule has 1 N–H and O–H groups in total. The SMILES string of the molecule is Cc1cc(C=CC(=O)O)ccc1N(C)CCN1CCCC1. The van der Waals surface area contributed by atoms with Crippen LogP contribution in [0.1, 0.15) is 24.0 Å². The molecule has 0 saturated carbocycles. The number of hydrogen-bond acceptors (Lipinski definition) is 3. The Morgan fingerprint density at radius 2 is 2.10 bits per heavy atom. The average molecular weight is 288 g/mol. The second-order valence-corrected chi connectivity index (χ2v) is 5.69. The molecular formula is C17H24N2O2. The number of likely N-dealkylation sites (N-methyl/N-ethyl adjacent to an activating group) is 1. The van der Waals surface area contributed by atoms with E-state index in [0.717, 1.165) is 18.7 Å². The van der Waals surface area contributed by atoms with Crippen LogP contribution in [0.2, 0.25) is 0 Å². The number of likely N-dealkylation sites (tertiary alicyclic amines) is 1. The summed E-state index contributed by atoms with van der Waals surface area (Å²) >= 11 is 0. The third kappa shape index (κ3) is 4.60. The number of aliphatic carboxylic acids is 1. The maximum atomic E-state index is 10.5. The Morgan fingerprint density at radius 3 is 2.71 bits per heavy atom. The average Bonchev–Trinajstić information content (AvgIpc) is 2.96. The predicted molar refractivity (Wildman–Crippen MR) is 86.8 cm³/mol. The Labute approximate surface area is 126 Å². The fourth-order valence-corrected chi connectivity index (χ4v) is 2.80. The molecule has 0 spiro atoms. The quantitative estimate of drug-likeness (QED) is 0.817. The smallest absolute Gasteiger partial charge is 0.328 e. The summed E-state index contributed by atoms with van der Waals surface area (Å²) in [5.74, 6) is -0.917. The van der Waals surface area contributed by atoms with Crippen LogP contribution in [0.15, 0.2) is 24.3 Å². The molecule has 0 unspecified atom stereocenters. The van der Waals surface area contributed by atoms with Gasteiger partial charge in [-0.2, -0.15) is 0 Å². The molecule has 2 rings (SSSR count). The Balaban J connectivity index is 1.96. The molecule has 1 aromatic rings. The molecule has 1 aliphatic rings. The molecule has 0 aliphatic carbocycles.